The van der Waals surface area contributed by atoms with E-state index in [1.165, 1.54) is 25.7 Å². The van der Waals surface area contributed by atoms with Crippen LogP contribution in [0, 0.1) is 40.4 Å². The normalized spacial score (nSPS) is 55.6. The van der Waals surface area contributed by atoms with Gasteiger partial charge >= 0.3 is 5.97 Å². The van der Waals surface area contributed by atoms with E-state index in [1.54, 1.807) is 0 Å². The number of aliphatic hydroxyl groups excluding tert-OH is 1. The monoisotopic (exact) mass is 320 g/mol. The summed E-state index contributed by atoms with van der Waals surface area (Å²) >= 11 is 0. The Morgan fingerprint density at radius 3 is 2.35 bits per heavy atom. The lowest BCUT2D eigenvalue weighted by Crippen LogP contribution is -2.54. The molecule has 0 saturated heterocycles. The van der Waals surface area contributed by atoms with Crippen LogP contribution in [0.2, 0.25) is 0 Å². The van der Waals surface area contributed by atoms with Crippen molar-refractivity contribution in [2.45, 2.75) is 77.7 Å². The highest BCUT2D eigenvalue weighted by Gasteiger charge is 2.61. The predicted octanol–water partition coefficient (Wildman–Crippen LogP) is 4.09. The summed E-state index contributed by atoms with van der Waals surface area (Å²) in [6.07, 6.45) is 9.90. The van der Waals surface area contributed by atoms with E-state index in [0.717, 1.165) is 43.9 Å². The average Bonchev–Trinajstić information content (AvgIpc) is 2.85. The Morgan fingerprint density at radius 2 is 1.61 bits per heavy atom. The van der Waals surface area contributed by atoms with Crippen molar-refractivity contribution in [2.75, 3.05) is 0 Å². The number of aliphatic carboxylic acids is 1. The Labute approximate surface area is 139 Å². The molecule has 3 nitrogen and oxygen atoms in total. The van der Waals surface area contributed by atoms with Crippen molar-refractivity contribution >= 4 is 5.97 Å². The van der Waals surface area contributed by atoms with E-state index in [4.69, 9.17) is 0 Å². The van der Waals surface area contributed by atoms with Gasteiger partial charge in [0.05, 0.1) is 12.0 Å². The van der Waals surface area contributed by atoms with Crippen LogP contribution in [0.15, 0.2) is 0 Å². The van der Waals surface area contributed by atoms with Crippen molar-refractivity contribution in [3.05, 3.63) is 0 Å². The fourth-order valence-electron chi connectivity index (χ4n) is 7.64. The van der Waals surface area contributed by atoms with Crippen LogP contribution in [-0.2, 0) is 4.79 Å². The molecule has 23 heavy (non-hydrogen) atoms. The number of rotatable bonds is 1. The zero-order chi connectivity index (χ0) is 16.4. The smallest absolute Gasteiger partial charge is 0.307 e. The SMILES string of the molecule is C[C@]12CCC(O)CC1CC[C@@H]1[C@H]2CC[C@]2(C)C(C(=O)O)CC[C@@H]12. The van der Waals surface area contributed by atoms with Gasteiger partial charge in [-0.15, -0.1) is 0 Å². The minimum atomic E-state index is -0.561. The Bertz CT molecular complexity index is 503. The number of carboxylic acids is 1. The van der Waals surface area contributed by atoms with Crippen molar-refractivity contribution < 1.29 is 15.0 Å². The first kappa shape index (κ1) is 15.9. The molecule has 2 N–H and O–H groups in total. The van der Waals surface area contributed by atoms with Gasteiger partial charge in [0.25, 0.3) is 0 Å². The minimum absolute atomic E-state index is 0.0321. The van der Waals surface area contributed by atoms with Crippen LogP contribution >= 0.6 is 0 Å². The van der Waals surface area contributed by atoms with Crippen LogP contribution in [0.3, 0.4) is 0 Å². The number of hydrogen-bond donors (Lipinski definition) is 2. The first-order valence-electron chi connectivity index (χ1n) is 9.77. The highest BCUT2D eigenvalue weighted by atomic mass is 16.4. The van der Waals surface area contributed by atoms with Gasteiger partial charge in [0.2, 0.25) is 0 Å². The summed E-state index contributed by atoms with van der Waals surface area (Å²) in [6, 6.07) is 0. The van der Waals surface area contributed by atoms with E-state index in [2.05, 4.69) is 13.8 Å². The Balaban J connectivity index is 1.61. The van der Waals surface area contributed by atoms with Crippen molar-refractivity contribution in [2.24, 2.45) is 40.4 Å². The molecule has 4 aliphatic rings. The molecule has 0 radical (unpaired) electrons. The molecule has 4 fully saturated rings. The molecular weight excluding hydrogens is 288 g/mol. The summed E-state index contributed by atoms with van der Waals surface area (Å²) < 4.78 is 0. The molecule has 4 rings (SSSR count). The van der Waals surface area contributed by atoms with Gasteiger partial charge in [-0.1, -0.05) is 13.8 Å². The van der Waals surface area contributed by atoms with Crippen molar-refractivity contribution in [3.8, 4) is 0 Å². The fraction of sp³-hybridized carbons (Fsp3) is 0.950. The van der Waals surface area contributed by atoms with Gasteiger partial charge in [-0.2, -0.15) is 0 Å². The van der Waals surface area contributed by atoms with Crippen LogP contribution in [-0.4, -0.2) is 22.3 Å². The van der Waals surface area contributed by atoms with Gasteiger partial charge in [0.1, 0.15) is 0 Å². The van der Waals surface area contributed by atoms with Gasteiger partial charge in [-0.3, -0.25) is 4.79 Å². The first-order chi connectivity index (χ1) is 10.9. The summed E-state index contributed by atoms with van der Waals surface area (Å²) in [7, 11) is 0. The highest BCUT2D eigenvalue weighted by Crippen LogP contribution is 2.67. The quantitative estimate of drug-likeness (QED) is 0.765. The molecule has 0 aromatic carbocycles. The van der Waals surface area contributed by atoms with Gasteiger partial charge < -0.3 is 10.2 Å². The molecule has 130 valence electrons. The van der Waals surface area contributed by atoms with E-state index >= 15 is 0 Å². The largest absolute Gasteiger partial charge is 0.481 e. The molecule has 8 atom stereocenters. The Morgan fingerprint density at radius 1 is 0.913 bits per heavy atom. The van der Waals surface area contributed by atoms with Gasteiger partial charge in [0, 0.05) is 0 Å². The number of carboxylic acid groups (broad SMARTS) is 1. The molecule has 0 heterocycles. The van der Waals surface area contributed by atoms with E-state index < -0.39 is 5.97 Å². The Kier molecular flexibility index (Phi) is 3.61. The van der Waals surface area contributed by atoms with Crippen LogP contribution in [0.25, 0.3) is 0 Å². The molecule has 4 aliphatic carbocycles. The summed E-state index contributed by atoms with van der Waals surface area (Å²) in [6.45, 7) is 4.77. The van der Waals surface area contributed by atoms with E-state index in [-0.39, 0.29) is 17.4 Å². The highest BCUT2D eigenvalue weighted by molar-refractivity contribution is 5.71. The van der Waals surface area contributed by atoms with E-state index in [9.17, 15) is 15.0 Å². The molecule has 0 bridgehead atoms. The van der Waals surface area contributed by atoms with E-state index in [0.29, 0.717) is 17.3 Å². The maximum absolute atomic E-state index is 11.7. The topological polar surface area (TPSA) is 57.5 Å². The number of fused-ring (bicyclic) bond motifs is 5. The molecule has 0 aromatic heterocycles. The molecule has 0 amide bonds. The molecule has 3 unspecified atom stereocenters. The Hall–Kier alpha value is -0.570. The molecule has 0 aromatic rings. The lowest BCUT2D eigenvalue weighted by Gasteiger charge is -2.60. The zero-order valence-corrected chi connectivity index (χ0v) is 14.6. The summed E-state index contributed by atoms with van der Waals surface area (Å²) in [4.78, 5) is 11.7. The van der Waals surface area contributed by atoms with Gasteiger partial charge in [-0.25, -0.2) is 0 Å². The lowest BCUT2D eigenvalue weighted by atomic mass is 9.44. The number of carbonyl (C=O) groups is 1. The van der Waals surface area contributed by atoms with Crippen LogP contribution < -0.4 is 0 Å². The lowest BCUT2D eigenvalue weighted by molar-refractivity contribution is -0.154. The first-order valence-corrected chi connectivity index (χ1v) is 9.77. The third-order valence-electron chi connectivity index (χ3n) is 8.94. The van der Waals surface area contributed by atoms with Crippen LogP contribution in [0.4, 0.5) is 0 Å². The second-order valence-electron chi connectivity index (χ2n) is 9.60. The van der Waals surface area contributed by atoms with Crippen molar-refractivity contribution in [3.63, 3.8) is 0 Å². The van der Waals surface area contributed by atoms with Gasteiger partial charge in [-0.05, 0) is 92.3 Å². The number of aliphatic hydroxyl groups is 1. The van der Waals surface area contributed by atoms with Crippen LogP contribution in [0.1, 0.15) is 71.6 Å². The maximum Gasteiger partial charge on any atom is 0.307 e. The summed E-state index contributed by atoms with van der Waals surface area (Å²) in [5.41, 5.74) is 0.426. The van der Waals surface area contributed by atoms with Crippen molar-refractivity contribution in [1.82, 2.24) is 0 Å². The van der Waals surface area contributed by atoms with Gasteiger partial charge in [0.15, 0.2) is 0 Å². The summed E-state index contributed by atoms with van der Waals surface area (Å²) in [5.74, 6) is 2.12. The second kappa shape index (κ2) is 5.21. The molecule has 4 saturated carbocycles. The van der Waals surface area contributed by atoms with Crippen molar-refractivity contribution in [1.29, 1.82) is 0 Å². The van der Waals surface area contributed by atoms with Crippen LogP contribution in [0.5, 0.6) is 0 Å². The third kappa shape index (κ3) is 2.14. The average molecular weight is 320 g/mol. The standard InChI is InChI=1S/C20H32O3/c1-19-9-7-13(21)11-12(19)3-4-14-15-5-6-17(18(22)23)20(15,2)10-8-16(14)19/h12-17,21H,3-11H2,1-2H3,(H,22,23)/t12?,13?,14-,15-,16+,17?,19-,20-/m0/s1. The zero-order valence-electron chi connectivity index (χ0n) is 14.6. The molecule has 0 spiro atoms. The fourth-order valence-corrected chi connectivity index (χ4v) is 7.64. The predicted molar refractivity (Wildman–Crippen MR) is 88.9 cm³/mol. The maximum atomic E-state index is 11.7. The molecule has 0 aliphatic heterocycles. The number of hydrogen-bond acceptors (Lipinski definition) is 2. The molecular formula is C20H32O3. The molecule has 3 heteroatoms. The third-order valence-corrected chi connectivity index (χ3v) is 8.94. The second-order valence-corrected chi connectivity index (χ2v) is 9.60. The van der Waals surface area contributed by atoms with E-state index in [1.807, 2.05) is 0 Å². The summed E-state index contributed by atoms with van der Waals surface area (Å²) in [5, 5.41) is 19.7. The minimum Gasteiger partial charge on any atom is -0.481 e.